The van der Waals surface area contributed by atoms with Gasteiger partial charge >= 0.3 is 12.1 Å². The lowest BCUT2D eigenvalue weighted by atomic mass is 9.84. The van der Waals surface area contributed by atoms with Crippen molar-refractivity contribution >= 4 is 17.8 Å². The van der Waals surface area contributed by atoms with Crippen molar-refractivity contribution in [3.05, 3.63) is 35.4 Å². The minimum absolute atomic E-state index is 0.0865. The summed E-state index contributed by atoms with van der Waals surface area (Å²) in [6.07, 6.45) is -0.507. The van der Waals surface area contributed by atoms with E-state index in [1.54, 1.807) is 6.92 Å². The van der Waals surface area contributed by atoms with Crippen molar-refractivity contribution in [2.45, 2.75) is 38.6 Å². The highest BCUT2D eigenvalue weighted by Gasteiger charge is 2.36. The number of benzene rings is 1. The zero-order chi connectivity index (χ0) is 20.0. The second-order valence-electron chi connectivity index (χ2n) is 6.39. The van der Waals surface area contributed by atoms with Gasteiger partial charge in [-0.25, -0.2) is 13.6 Å². The molecule has 148 valence electrons. The third-order valence-corrected chi connectivity index (χ3v) is 4.71. The molecular formula is C19H23F2NO5. The number of esters is 1. The number of hydrogen-bond donors (Lipinski definition) is 0. The number of likely N-dealkylation sites (tertiary alicyclic amines) is 1. The average Bonchev–Trinajstić information content (AvgIpc) is 2.64. The Morgan fingerprint density at radius 3 is 2.48 bits per heavy atom. The summed E-state index contributed by atoms with van der Waals surface area (Å²) >= 11 is 0. The largest absolute Gasteiger partial charge is 0.466 e. The van der Waals surface area contributed by atoms with Crippen molar-refractivity contribution in [3.8, 4) is 0 Å². The topological polar surface area (TPSA) is 72.9 Å². The number of carbonyl (C=O) groups excluding carboxylic acids is 3. The van der Waals surface area contributed by atoms with Crippen molar-refractivity contribution in [2.75, 3.05) is 20.3 Å². The van der Waals surface area contributed by atoms with Crippen LogP contribution in [0.3, 0.4) is 0 Å². The third-order valence-electron chi connectivity index (χ3n) is 4.71. The summed E-state index contributed by atoms with van der Waals surface area (Å²) in [4.78, 5) is 37.3. The maximum atomic E-state index is 14.0. The maximum Gasteiger partial charge on any atom is 0.409 e. The van der Waals surface area contributed by atoms with E-state index in [1.807, 2.05) is 0 Å². The maximum absolute atomic E-state index is 14.0. The van der Waals surface area contributed by atoms with Gasteiger partial charge in [0.25, 0.3) is 0 Å². The fraction of sp³-hybridized carbons (Fsp3) is 0.526. The Kier molecular flexibility index (Phi) is 7.27. The second kappa shape index (κ2) is 9.43. The van der Waals surface area contributed by atoms with Gasteiger partial charge in [0.2, 0.25) is 0 Å². The number of hydrogen-bond acceptors (Lipinski definition) is 5. The zero-order valence-electron chi connectivity index (χ0n) is 15.4. The monoisotopic (exact) mass is 383 g/mol. The summed E-state index contributed by atoms with van der Waals surface area (Å²) in [7, 11) is 1.22. The van der Waals surface area contributed by atoms with Crippen molar-refractivity contribution in [1.29, 1.82) is 0 Å². The molecule has 2 atom stereocenters. The fourth-order valence-electron chi connectivity index (χ4n) is 3.36. The number of carbonyl (C=O) groups is 3. The molecular weight excluding hydrogens is 360 g/mol. The van der Waals surface area contributed by atoms with Gasteiger partial charge in [-0.2, -0.15) is 0 Å². The number of methoxy groups -OCH3 is 1. The van der Waals surface area contributed by atoms with Gasteiger partial charge in [-0.05, 0) is 38.3 Å². The molecule has 1 aromatic rings. The molecule has 1 saturated heterocycles. The van der Waals surface area contributed by atoms with Crippen LogP contribution in [0.25, 0.3) is 0 Å². The van der Waals surface area contributed by atoms with Crippen LogP contribution < -0.4 is 0 Å². The van der Waals surface area contributed by atoms with Crippen LogP contribution in [0.4, 0.5) is 13.6 Å². The first-order valence-electron chi connectivity index (χ1n) is 8.83. The van der Waals surface area contributed by atoms with E-state index in [0.29, 0.717) is 6.42 Å². The molecule has 8 heteroatoms. The first kappa shape index (κ1) is 20.8. The van der Waals surface area contributed by atoms with Gasteiger partial charge in [-0.3, -0.25) is 9.59 Å². The van der Waals surface area contributed by atoms with Crippen LogP contribution in [0, 0.1) is 17.6 Å². The van der Waals surface area contributed by atoms with Gasteiger partial charge in [0.15, 0.2) is 0 Å². The number of nitrogens with zero attached hydrogens (tertiary/aromatic N) is 1. The van der Waals surface area contributed by atoms with Crippen molar-refractivity contribution in [3.63, 3.8) is 0 Å². The summed E-state index contributed by atoms with van der Waals surface area (Å²) in [6.45, 7) is 2.03. The van der Waals surface area contributed by atoms with Crippen molar-refractivity contribution in [2.24, 2.45) is 5.92 Å². The number of rotatable bonds is 6. The first-order chi connectivity index (χ1) is 12.9. The highest BCUT2D eigenvalue weighted by Crippen LogP contribution is 2.29. The van der Waals surface area contributed by atoms with E-state index in [9.17, 15) is 23.2 Å². The molecule has 1 aliphatic heterocycles. The van der Waals surface area contributed by atoms with Crippen molar-refractivity contribution < 1.29 is 32.6 Å². The molecule has 2 rings (SSSR count). The van der Waals surface area contributed by atoms with Crippen LogP contribution in [0.5, 0.6) is 0 Å². The van der Waals surface area contributed by atoms with Gasteiger partial charge in [-0.1, -0.05) is 6.07 Å². The molecule has 0 aliphatic carbocycles. The molecule has 27 heavy (non-hydrogen) atoms. The Morgan fingerprint density at radius 1 is 1.22 bits per heavy atom. The van der Waals surface area contributed by atoms with E-state index in [-0.39, 0.29) is 43.8 Å². The number of amides is 1. The molecule has 0 saturated carbocycles. The SMILES string of the molecule is CCOC(=O)CC(=O)[C@@H]1CCN(C(=O)OC)[C@H](Cc2c(F)cccc2F)C1. The fourth-order valence-corrected chi connectivity index (χ4v) is 3.36. The predicted molar refractivity (Wildman–Crippen MR) is 91.9 cm³/mol. The van der Waals surface area contributed by atoms with E-state index in [4.69, 9.17) is 9.47 Å². The Morgan fingerprint density at radius 2 is 1.89 bits per heavy atom. The number of piperidine rings is 1. The van der Waals surface area contributed by atoms with E-state index in [1.165, 1.54) is 18.1 Å². The number of ketones is 1. The summed E-state index contributed by atoms with van der Waals surface area (Å²) in [5.74, 6) is -2.80. The lowest BCUT2D eigenvalue weighted by Gasteiger charge is -2.38. The summed E-state index contributed by atoms with van der Waals surface area (Å²) < 4.78 is 37.6. The molecule has 0 radical (unpaired) electrons. The molecule has 1 amide bonds. The lowest BCUT2D eigenvalue weighted by molar-refractivity contribution is -0.146. The number of Topliss-reactive ketones (excluding diaryl/α,β-unsaturated/α-hetero) is 1. The van der Waals surface area contributed by atoms with Gasteiger partial charge in [0, 0.05) is 24.1 Å². The van der Waals surface area contributed by atoms with Gasteiger partial charge < -0.3 is 14.4 Å². The Hall–Kier alpha value is -2.51. The van der Waals surface area contributed by atoms with Crippen LogP contribution in [-0.2, 0) is 25.5 Å². The normalized spacial score (nSPS) is 19.5. The quantitative estimate of drug-likeness (QED) is 0.558. The standard InChI is InChI=1S/C19H23F2NO5/c1-3-27-18(24)11-17(23)12-7-8-22(19(25)26-2)13(9-12)10-14-15(20)5-4-6-16(14)21/h4-6,12-13H,3,7-11H2,1-2H3/t12-,13+/m1/s1. The smallest absolute Gasteiger partial charge is 0.409 e. The van der Waals surface area contributed by atoms with Crippen LogP contribution in [-0.4, -0.2) is 49.0 Å². The highest BCUT2D eigenvalue weighted by molar-refractivity contribution is 5.96. The molecule has 1 fully saturated rings. The highest BCUT2D eigenvalue weighted by atomic mass is 19.1. The minimum atomic E-state index is -0.709. The van der Waals surface area contributed by atoms with E-state index >= 15 is 0 Å². The molecule has 0 spiro atoms. The molecule has 0 unspecified atom stereocenters. The number of ether oxygens (including phenoxy) is 2. The lowest BCUT2D eigenvalue weighted by Crippen LogP contribution is -2.48. The molecule has 1 heterocycles. The Labute approximate surface area is 156 Å². The predicted octanol–water partition coefficient (Wildman–Crippen LogP) is 2.88. The Bertz CT molecular complexity index is 689. The minimum Gasteiger partial charge on any atom is -0.466 e. The average molecular weight is 383 g/mol. The van der Waals surface area contributed by atoms with Crippen LogP contribution >= 0.6 is 0 Å². The van der Waals surface area contributed by atoms with Crippen LogP contribution in [0.1, 0.15) is 31.7 Å². The van der Waals surface area contributed by atoms with Gasteiger partial charge in [0.1, 0.15) is 23.8 Å². The van der Waals surface area contributed by atoms with Crippen LogP contribution in [0.15, 0.2) is 18.2 Å². The second-order valence-corrected chi connectivity index (χ2v) is 6.39. The summed E-state index contributed by atoms with van der Waals surface area (Å²) in [5.41, 5.74) is -0.144. The molecule has 0 bridgehead atoms. The molecule has 0 aromatic heterocycles. The molecule has 1 aromatic carbocycles. The van der Waals surface area contributed by atoms with Crippen LogP contribution in [0.2, 0.25) is 0 Å². The van der Waals surface area contributed by atoms with Gasteiger partial charge in [0.05, 0.1) is 13.7 Å². The Balaban J connectivity index is 2.16. The van der Waals surface area contributed by atoms with Crippen molar-refractivity contribution in [1.82, 2.24) is 4.90 Å². The van der Waals surface area contributed by atoms with E-state index < -0.39 is 35.7 Å². The summed E-state index contributed by atoms with van der Waals surface area (Å²) in [5, 5.41) is 0. The van der Waals surface area contributed by atoms with Gasteiger partial charge in [-0.15, -0.1) is 0 Å². The molecule has 0 N–H and O–H groups in total. The first-order valence-corrected chi connectivity index (χ1v) is 8.83. The zero-order valence-corrected chi connectivity index (χ0v) is 15.4. The third kappa shape index (κ3) is 5.24. The molecule has 6 nitrogen and oxygen atoms in total. The summed E-state index contributed by atoms with van der Waals surface area (Å²) in [6, 6.07) is 2.94. The number of halogens is 2. The van der Waals surface area contributed by atoms with E-state index in [2.05, 4.69) is 0 Å². The van der Waals surface area contributed by atoms with E-state index in [0.717, 1.165) is 12.1 Å². The molecule has 1 aliphatic rings.